The fourth-order valence-corrected chi connectivity index (χ4v) is 0.473. The van der Waals surface area contributed by atoms with Gasteiger partial charge in [-0.2, -0.15) is 0 Å². The number of rotatable bonds is 3. The quantitative estimate of drug-likeness (QED) is 0.434. The summed E-state index contributed by atoms with van der Waals surface area (Å²) in [5.41, 5.74) is 0.344. The van der Waals surface area contributed by atoms with Gasteiger partial charge in [0.05, 0.1) is 7.11 Å². The van der Waals surface area contributed by atoms with Crippen molar-refractivity contribution in [3.63, 3.8) is 0 Å². The number of hydrogen-bond donors (Lipinski definition) is 0. The van der Waals surface area contributed by atoms with Crippen LogP contribution in [0.5, 0.6) is 0 Å². The topological polar surface area (TPSA) is 9.23 Å². The van der Waals surface area contributed by atoms with E-state index in [0.29, 0.717) is 5.57 Å². The highest BCUT2D eigenvalue weighted by Crippen LogP contribution is 2.14. The van der Waals surface area contributed by atoms with Crippen LogP contribution in [0.25, 0.3) is 0 Å². The lowest BCUT2D eigenvalue weighted by atomic mass is 10.2. The molecule has 0 amide bonds. The summed E-state index contributed by atoms with van der Waals surface area (Å²) in [6, 6.07) is 0. The molecule has 2 heteroatoms. The number of ether oxygens (including phenoxy) is 1. The number of hydrogen-bond acceptors (Lipinski definition) is 1. The summed E-state index contributed by atoms with van der Waals surface area (Å²) in [4.78, 5) is 0. The molecule has 0 rings (SSSR count). The fraction of sp³-hybridized carbons (Fsp3) is 0.250. The van der Waals surface area contributed by atoms with Gasteiger partial charge < -0.3 is 4.74 Å². The summed E-state index contributed by atoms with van der Waals surface area (Å²) in [5.74, 6) is -0.315. The van der Waals surface area contributed by atoms with Crippen LogP contribution >= 0.6 is 0 Å². The largest absolute Gasteiger partial charge is 0.494 e. The lowest BCUT2D eigenvalue weighted by molar-refractivity contribution is 0.292. The third-order valence-corrected chi connectivity index (χ3v) is 0.996. The van der Waals surface area contributed by atoms with E-state index in [0.717, 1.165) is 0 Å². The Morgan fingerprint density at radius 3 is 2.20 bits per heavy atom. The molecule has 0 N–H and O–H groups in total. The predicted molar refractivity (Wildman–Crippen MR) is 40.2 cm³/mol. The van der Waals surface area contributed by atoms with Gasteiger partial charge in [0.1, 0.15) is 0 Å². The monoisotopic (exact) mass is 142 g/mol. The molecule has 0 saturated heterocycles. The summed E-state index contributed by atoms with van der Waals surface area (Å²) in [6.07, 6.45) is 1.31. The van der Waals surface area contributed by atoms with Gasteiger partial charge in [-0.15, -0.1) is 0 Å². The third kappa shape index (κ3) is 2.05. The molecule has 0 aliphatic carbocycles. The molecule has 10 heavy (non-hydrogen) atoms. The molecule has 0 aromatic rings. The molecule has 0 aliphatic heterocycles. The molecule has 0 aromatic carbocycles. The number of halogens is 1. The van der Waals surface area contributed by atoms with E-state index in [1.54, 1.807) is 6.92 Å². The average Bonchev–Trinajstić information content (AvgIpc) is 1.90. The van der Waals surface area contributed by atoms with Crippen molar-refractivity contribution in [2.24, 2.45) is 0 Å². The fourth-order valence-electron chi connectivity index (χ4n) is 0.473. The van der Waals surface area contributed by atoms with Gasteiger partial charge in [0.25, 0.3) is 0 Å². The summed E-state index contributed by atoms with van der Waals surface area (Å²) in [6.45, 7) is 8.35. The zero-order valence-electron chi connectivity index (χ0n) is 6.28. The summed E-state index contributed by atoms with van der Waals surface area (Å²) in [7, 11) is 1.39. The van der Waals surface area contributed by atoms with Crippen molar-refractivity contribution in [3.05, 3.63) is 36.4 Å². The minimum absolute atomic E-state index is 0.132. The molecular formula is C8H11FO. The lowest BCUT2D eigenvalue weighted by Crippen LogP contribution is -1.87. The molecule has 1 nitrogen and oxygen atoms in total. The van der Waals surface area contributed by atoms with Crippen LogP contribution in [0.15, 0.2) is 36.4 Å². The van der Waals surface area contributed by atoms with Crippen molar-refractivity contribution in [1.29, 1.82) is 0 Å². The molecule has 0 atom stereocenters. The predicted octanol–water partition coefficient (Wildman–Crippen LogP) is 2.58. The molecule has 0 heterocycles. The van der Waals surface area contributed by atoms with Gasteiger partial charge in [0.2, 0.25) is 0 Å². The van der Waals surface area contributed by atoms with E-state index in [2.05, 4.69) is 17.9 Å². The van der Waals surface area contributed by atoms with Crippen molar-refractivity contribution < 1.29 is 9.13 Å². The summed E-state index contributed by atoms with van der Waals surface area (Å²) < 4.78 is 17.4. The van der Waals surface area contributed by atoms with Crippen molar-refractivity contribution in [1.82, 2.24) is 0 Å². The first-order valence-electron chi connectivity index (χ1n) is 2.85. The minimum atomic E-state index is -0.447. The Hall–Kier alpha value is -1.05. The standard InChI is InChI=1S/C8H11FO/c1-5-7(10-4)8(9)6(2)3/h5H,1-2H2,3-4H3/b8-7-. The van der Waals surface area contributed by atoms with Crippen molar-refractivity contribution in [2.75, 3.05) is 7.11 Å². The Bertz CT molecular complexity index is 180. The second-order valence-electron chi connectivity index (χ2n) is 1.87. The summed E-state index contributed by atoms with van der Waals surface area (Å²) >= 11 is 0. The van der Waals surface area contributed by atoms with Gasteiger partial charge in [0.15, 0.2) is 11.6 Å². The maximum atomic E-state index is 12.8. The second kappa shape index (κ2) is 3.88. The van der Waals surface area contributed by atoms with E-state index in [4.69, 9.17) is 0 Å². The van der Waals surface area contributed by atoms with E-state index in [-0.39, 0.29) is 5.76 Å². The number of allylic oxidation sites excluding steroid dienone is 3. The van der Waals surface area contributed by atoms with Crippen molar-refractivity contribution >= 4 is 0 Å². The van der Waals surface area contributed by atoms with E-state index in [1.165, 1.54) is 13.2 Å². The third-order valence-electron chi connectivity index (χ3n) is 0.996. The first-order chi connectivity index (χ1) is 4.63. The Labute approximate surface area is 60.5 Å². The average molecular weight is 142 g/mol. The van der Waals surface area contributed by atoms with E-state index in [9.17, 15) is 4.39 Å². The highest BCUT2D eigenvalue weighted by atomic mass is 19.1. The molecule has 0 radical (unpaired) electrons. The van der Waals surface area contributed by atoms with Crippen LogP contribution in [0.2, 0.25) is 0 Å². The van der Waals surface area contributed by atoms with Gasteiger partial charge in [-0.05, 0) is 18.6 Å². The smallest absolute Gasteiger partial charge is 0.167 e. The van der Waals surface area contributed by atoms with Crippen LogP contribution < -0.4 is 0 Å². The molecule has 0 fully saturated rings. The molecule has 0 bridgehead atoms. The van der Waals surface area contributed by atoms with Gasteiger partial charge in [-0.3, -0.25) is 0 Å². The maximum absolute atomic E-state index is 12.8. The normalized spacial score (nSPS) is 11.9. The van der Waals surface area contributed by atoms with Gasteiger partial charge in [-0.1, -0.05) is 13.2 Å². The Morgan fingerprint density at radius 1 is 1.60 bits per heavy atom. The minimum Gasteiger partial charge on any atom is -0.494 e. The van der Waals surface area contributed by atoms with Gasteiger partial charge >= 0.3 is 0 Å². The van der Waals surface area contributed by atoms with Crippen molar-refractivity contribution in [3.8, 4) is 0 Å². The Morgan fingerprint density at radius 2 is 2.10 bits per heavy atom. The Balaban J connectivity index is 4.59. The van der Waals surface area contributed by atoms with Crippen LogP contribution in [0, 0.1) is 0 Å². The van der Waals surface area contributed by atoms with Crippen LogP contribution in [0.3, 0.4) is 0 Å². The second-order valence-corrected chi connectivity index (χ2v) is 1.87. The molecule has 56 valence electrons. The van der Waals surface area contributed by atoms with E-state index in [1.807, 2.05) is 0 Å². The van der Waals surface area contributed by atoms with Crippen LogP contribution in [0.4, 0.5) is 4.39 Å². The van der Waals surface area contributed by atoms with Gasteiger partial charge in [0, 0.05) is 0 Å². The highest BCUT2D eigenvalue weighted by Gasteiger charge is 2.02. The molecule has 0 spiro atoms. The molecule has 0 aliphatic rings. The van der Waals surface area contributed by atoms with Crippen LogP contribution in [-0.2, 0) is 4.74 Å². The first kappa shape index (κ1) is 8.95. The zero-order chi connectivity index (χ0) is 8.15. The SMILES string of the molecule is C=C/C(OC)=C(/F)C(=C)C. The van der Waals surface area contributed by atoms with E-state index < -0.39 is 5.83 Å². The molecule has 0 aromatic heterocycles. The molecule has 0 saturated carbocycles. The number of methoxy groups -OCH3 is 1. The molecule has 0 unspecified atom stereocenters. The van der Waals surface area contributed by atoms with Crippen LogP contribution in [-0.4, -0.2) is 7.11 Å². The lowest BCUT2D eigenvalue weighted by Gasteiger charge is -2.01. The molecular weight excluding hydrogens is 131 g/mol. The Kier molecular flexibility index (Phi) is 3.47. The van der Waals surface area contributed by atoms with Gasteiger partial charge in [-0.25, -0.2) is 4.39 Å². The first-order valence-corrected chi connectivity index (χ1v) is 2.85. The summed E-state index contributed by atoms with van der Waals surface area (Å²) in [5, 5.41) is 0. The van der Waals surface area contributed by atoms with Crippen molar-refractivity contribution in [2.45, 2.75) is 6.92 Å². The zero-order valence-corrected chi connectivity index (χ0v) is 6.28. The van der Waals surface area contributed by atoms with Crippen LogP contribution in [0.1, 0.15) is 6.92 Å². The maximum Gasteiger partial charge on any atom is 0.167 e. The van der Waals surface area contributed by atoms with E-state index >= 15 is 0 Å². The highest BCUT2D eigenvalue weighted by molar-refractivity contribution is 5.27.